The third-order valence-electron chi connectivity index (χ3n) is 6.32. The summed E-state index contributed by atoms with van der Waals surface area (Å²) in [6.45, 7) is 1.62. The Morgan fingerprint density at radius 2 is 1.80 bits per heavy atom. The number of piperidine rings is 2. The zero-order valence-electron chi connectivity index (χ0n) is 16.5. The molecule has 0 spiro atoms. The van der Waals surface area contributed by atoms with Gasteiger partial charge in [0.15, 0.2) is 0 Å². The molecule has 3 aliphatic rings. The highest BCUT2D eigenvalue weighted by atomic mass is 19.4. The molecule has 0 radical (unpaired) electrons. The normalized spacial score (nSPS) is 23.6. The van der Waals surface area contributed by atoms with Crippen molar-refractivity contribution in [1.29, 1.82) is 0 Å². The molecule has 162 valence electrons. The molecule has 9 heteroatoms. The van der Waals surface area contributed by atoms with Crippen molar-refractivity contribution < 1.29 is 27.6 Å². The summed E-state index contributed by atoms with van der Waals surface area (Å²) in [5.74, 6) is -0.701. The first-order chi connectivity index (χ1) is 14.2. The lowest BCUT2D eigenvalue weighted by Gasteiger charge is -2.32. The summed E-state index contributed by atoms with van der Waals surface area (Å²) in [4.78, 5) is 39.7. The van der Waals surface area contributed by atoms with Gasteiger partial charge in [-0.25, -0.2) is 0 Å². The third kappa shape index (κ3) is 4.35. The summed E-state index contributed by atoms with van der Waals surface area (Å²) < 4.78 is 37.3. The minimum atomic E-state index is -4.13. The van der Waals surface area contributed by atoms with Crippen LogP contribution in [0.25, 0.3) is 0 Å². The summed E-state index contributed by atoms with van der Waals surface area (Å²) >= 11 is 0. The van der Waals surface area contributed by atoms with E-state index in [1.54, 1.807) is 6.07 Å². The molecule has 3 heterocycles. The SMILES string of the molecule is O=C1CCC(N2Cc3cc(C4CCN(CCC(F)(F)F)CC4)ccc3C2=O)C(=O)N1. The molecule has 1 aromatic rings. The Kier molecular flexibility index (Phi) is 5.57. The van der Waals surface area contributed by atoms with Crippen molar-refractivity contribution >= 4 is 17.7 Å². The molecule has 3 amide bonds. The average molecular weight is 423 g/mol. The van der Waals surface area contributed by atoms with Crippen molar-refractivity contribution in [3.8, 4) is 0 Å². The van der Waals surface area contributed by atoms with E-state index in [0.29, 0.717) is 31.6 Å². The van der Waals surface area contributed by atoms with Crippen LogP contribution in [0, 0.1) is 0 Å². The number of likely N-dealkylation sites (tertiary alicyclic amines) is 1. The minimum absolute atomic E-state index is 0.0375. The number of halogens is 3. The molecular weight excluding hydrogens is 399 g/mol. The number of carbonyl (C=O) groups excluding carboxylic acids is 3. The standard InChI is InChI=1S/C21H24F3N3O3/c22-21(23,24)7-10-26-8-5-13(6-9-26)14-1-2-16-15(11-14)12-27(20(16)30)17-3-4-18(28)25-19(17)29/h1-2,11,13,17H,3-10,12H2,(H,25,28,29). The van der Waals surface area contributed by atoms with Crippen LogP contribution in [0.5, 0.6) is 0 Å². The average Bonchev–Trinajstić information content (AvgIpc) is 3.02. The smallest absolute Gasteiger partial charge is 0.322 e. The first kappa shape index (κ1) is 20.8. The molecule has 0 aromatic heterocycles. The van der Waals surface area contributed by atoms with Crippen LogP contribution in [-0.2, 0) is 16.1 Å². The molecule has 1 atom stereocenters. The van der Waals surface area contributed by atoms with Crippen LogP contribution in [0.2, 0.25) is 0 Å². The van der Waals surface area contributed by atoms with Crippen LogP contribution in [-0.4, -0.2) is 59.4 Å². The Hall–Kier alpha value is -2.42. The van der Waals surface area contributed by atoms with Gasteiger partial charge in [-0.3, -0.25) is 19.7 Å². The van der Waals surface area contributed by atoms with Gasteiger partial charge < -0.3 is 9.80 Å². The number of alkyl halides is 3. The maximum Gasteiger partial charge on any atom is 0.390 e. The maximum atomic E-state index is 12.8. The van der Waals surface area contributed by atoms with Crippen LogP contribution in [0.15, 0.2) is 18.2 Å². The number of amides is 3. The van der Waals surface area contributed by atoms with Crippen molar-refractivity contribution in [2.45, 2.75) is 56.8 Å². The van der Waals surface area contributed by atoms with E-state index in [1.165, 1.54) is 4.90 Å². The molecular formula is C21H24F3N3O3. The topological polar surface area (TPSA) is 69.7 Å². The zero-order chi connectivity index (χ0) is 21.5. The second-order valence-corrected chi connectivity index (χ2v) is 8.30. The van der Waals surface area contributed by atoms with Gasteiger partial charge >= 0.3 is 6.18 Å². The van der Waals surface area contributed by atoms with E-state index in [0.717, 1.165) is 24.0 Å². The first-order valence-corrected chi connectivity index (χ1v) is 10.3. The molecule has 1 N–H and O–H groups in total. The highest BCUT2D eigenvalue weighted by Crippen LogP contribution is 2.34. The van der Waals surface area contributed by atoms with E-state index in [1.807, 2.05) is 17.0 Å². The van der Waals surface area contributed by atoms with E-state index in [2.05, 4.69) is 5.32 Å². The highest BCUT2D eigenvalue weighted by Gasteiger charge is 2.39. The molecule has 4 rings (SSSR count). The number of imide groups is 1. The van der Waals surface area contributed by atoms with E-state index in [4.69, 9.17) is 0 Å². The number of hydrogen-bond donors (Lipinski definition) is 1. The van der Waals surface area contributed by atoms with E-state index < -0.39 is 24.5 Å². The van der Waals surface area contributed by atoms with Gasteiger partial charge in [0.25, 0.3) is 5.91 Å². The monoisotopic (exact) mass is 423 g/mol. The highest BCUT2D eigenvalue weighted by molar-refractivity contribution is 6.05. The second kappa shape index (κ2) is 8.02. The molecule has 0 bridgehead atoms. The fraction of sp³-hybridized carbons (Fsp3) is 0.571. The molecule has 6 nitrogen and oxygen atoms in total. The predicted molar refractivity (Wildman–Crippen MR) is 102 cm³/mol. The van der Waals surface area contributed by atoms with Crippen LogP contribution in [0.1, 0.15) is 59.5 Å². The number of hydrogen-bond acceptors (Lipinski definition) is 4. The lowest BCUT2D eigenvalue weighted by atomic mass is 9.88. The molecule has 2 fully saturated rings. The van der Waals surface area contributed by atoms with Gasteiger partial charge in [-0.15, -0.1) is 0 Å². The van der Waals surface area contributed by atoms with Gasteiger partial charge in [0, 0.05) is 25.1 Å². The van der Waals surface area contributed by atoms with Gasteiger partial charge in [0.2, 0.25) is 11.8 Å². The number of carbonyl (C=O) groups is 3. The molecule has 3 aliphatic heterocycles. The van der Waals surface area contributed by atoms with Crippen molar-refractivity contribution in [2.75, 3.05) is 19.6 Å². The quantitative estimate of drug-likeness (QED) is 0.756. The van der Waals surface area contributed by atoms with Crippen LogP contribution >= 0.6 is 0 Å². The lowest BCUT2D eigenvalue weighted by Crippen LogP contribution is -2.52. The summed E-state index contributed by atoms with van der Waals surface area (Å²) in [7, 11) is 0. The van der Waals surface area contributed by atoms with Gasteiger partial charge in [0.05, 0.1) is 6.42 Å². The van der Waals surface area contributed by atoms with Crippen molar-refractivity contribution in [2.24, 2.45) is 0 Å². The molecule has 2 saturated heterocycles. The summed E-state index contributed by atoms with van der Waals surface area (Å²) in [5, 5.41) is 2.29. The number of fused-ring (bicyclic) bond motifs is 1. The predicted octanol–water partition coefficient (Wildman–Crippen LogP) is 2.58. The van der Waals surface area contributed by atoms with Crippen molar-refractivity contribution in [3.63, 3.8) is 0 Å². The van der Waals surface area contributed by atoms with Crippen molar-refractivity contribution in [1.82, 2.24) is 15.1 Å². The molecule has 0 aliphatic carbocycles. The van der Waals surface area contributed by atoms with Gasteiger partial charge in [0.1, 0.15) is 6.04 Å². The Balaban J connectivity index is 1.39. The van der Waals surface area contributed by atoms with Gasteiger partial charge in [-0.05, 0) is 55.5 Å². The molecule has 1 unspecified atom stereocenters. The Bertz CT molecular complexity index is 863. The molecule has 30 heavy (non-hydrogen) atoms. The van der Waals surface area contributed by atoms with Crippen molar-refractivity contribution in [3.05, 3.63) is 34.9 Å². The first-order valence-electron chi connectivity index (χ1n) is 10.3. The van der Waals surface area contributed by atoms with E-state index in [9.17, 15) is 27.6 Å². The lowest BCUT2D eigenvalue weighted by molar-refractivity contribution is -0.139. The fourth-order valence-electron chi connectivity index (χ4n) is 4.62. The largest absolute Gasteiger partial charge is 0.390 e. The number of nitrogens with one attached hydrogen (secondary N) is 1. The van der Waals surface area contributed by atoms with Crippen LogP contribution < -0.4 is 5.32 Å². The third-order valence-corrected chi connectivity index (χ3v) is 6.32. The fourth-order valence-corrected chi connectivity index (χ4v) is 4.62. The molecule has 0 saturated carbocycles. The number of nitrogens with zero attached hydrogens (tertiary/aromatic N) is 2. The summed E-state index contributed by atoms with van der Waals surface area (Å²) in [6.07, 6.45) is -2.81. The summed E-state index contributed by atoms with van der Waals surface area (Å²) in [5.41, 5.74) is 2.52. The van der Waals surface area contributed by atoms with Crippen LogP contribution in [0.3, 0.4) is 0 Å². The minimum Gasteiger partial charge on any atom is -0.322 e. The molecule has 1 aromatic carbocycles. The number of rotatable bonds is 4. The van der Waals surface area contributed by atoms with Gasteiger partial charge in [-0.2, -0.15) is 13.2 Å². The van der Waals surface area contributed by atoms with Crippen LogP contribution in [0.4, 0.5) is 13.2 Å². The second-order valence-electron chi connectivity index (χ2n) is 8.30. The van der Waals surface area contributed by atoms with E-state index >= 15 is 0 Å². The van der Waals surface area contributed by atoms with Gasteiger partial charge in [-0.1, -0.05) is 12.1 Å². The Morgan fingerprint density at radius 1 is 1.07 bits per heavy atom. The van der Waals surface area contributed by atoms with E-state index in [-0.39, 0.29) is 30.7 Å². The Labute approximate surface area is 172 Å². The summed E-state index contributed by atoms with van der Waals surface area (Å²) in [6, 6.07) is 5.06. The number of benzene rings is 1. The maximum absolute atomic E-state index is 12.8. The Morgan fingerprint density at radius 3 is 2.47 bits per heavy atom. The zero-order valence-corrected chi connectivity index (χ0v) is 16.5.